The first-order valence-electron chi connectivity index (χ1n) is 46.2. The Kier molecular flexibility index (Phi) is 50.3. The Morgan fingerprint density at radius 1 is 0.396 bits per heavy atom. The number of carbonyl (C=O) groups excluding carboxylic acids is 4. The number of rotatable bonds is 36. The number of aliphatic hydroxyl groups excluding tert-OH is 2. The van der Waals surface area contributed by atoms with Gasteiger partial charge in [0.25, 0.3) is 0 Å². The summed E-state index contributed by atoms with van der Waals surface area (Å²) < 4.78 is 297. The molecule has 0 saturated heterocycles. The Hall–Kier alpha value is -9.78. The highest BCUT2D eigenvalue weighted by Gasteiger charge is 2.82. The molecule has 9 aromatic rings. The molecule has 1 aliphatic carbocycles. The molecule has 0 aliphatic heterocycles. The summed E-state index contributed by atoms with van der Waals surface area (Å²) >= 11 is 0. The molecule has 40 heteroatoms. The van der Waals surface area contributed by atoms with Gasteiger partial charge >= 0.3 is 77.0 Å². The van der Waals surface area contributed by atoms with Gasteiger partial charge in [-0.05, 0) is 257 Å². The molecule has 9 aromatic carbocycles. The van der Waals surface area contributed by atoms with Crippen LogP contribution in [0.4, 0.5) is 52.7 Å². The van der Waals surface area contributed by atoms with Gasteiger partial charge in [-0.2, -0.15) is 69.5 Å². The number of esters is 4. The second kappa shape index (κ2) is 56.4. The molecular weight excluding hydrogens is 2020 g/mol. The summed E-state index contributed by atoms with van der Waals surface area (Å²) in [6.07, 6.45) is 9.56. The number of benzene rings is 9. The third kappa shape index (κ3) is 36.7. The molecule has 800 valence electrons. The number of hydrogen-bond donors (Lipinski definition) is 2. The van der Waals surface area contributed by atoms with E-state index >= 15 is 0 Å². The monoisotopic (exact) mass is 2150 g/mol. The van der Waals surface area contributed by atoms with Crippen molar-refractivity contribution in [2.75, 3.05) is 19.8 Å². The lowest BCUT2D eigenvalue weighted by Crippen LogP contribution is -2.61. The average Bonchev–Trinajstić information content (AvgIpc) is 0.965. The third-order valence-electron chi connectivity index (χ3n) is 22.7. The van der Waals surface area contributed by atoms with Gasteiger partial charge in [0.15, 0.2) is 49.6 Å². The maximum Gasteiger partial charge on any atom is 0.450 e. The maximum absolute atomic E-state index is 13.8. The normalized spacial score (nSPS) is 14.2. The molecule has 22 nitrogen and oxygen atoms in total. The number of carbonyl (C=O) groups is 4. The van der Waals surface area contributed by atoms with Crippen LogP contribution in [0, 0.1) is 22.7 Å². The smallest absolute Gasteiger partial charge is 0.450 e. The Morgan fingerprint density at radius 3 is 0.993 bits per heavy atom. The van der Waals surface area contributed by atoms with E-state index in [1.54, 1.807) is 32.9 Å². The summed E-state index contributed by atoms with van der Waals surface area (Å²) in [6, 6.07) is 76.1. The van der Waals surface area contributed by atoms with Crippen LogP contribution in [-0.4, -0.2) is 147 Å². The zero-order chi connectivity index (χ0) is 110. The van der Waals surface area contributed by atoms with E-state index in [0.29, 0.717) is 17.4 Å². The molecule has 1 fully saturated rings. The van der Waals surface area contributed by atoms with Crippen molar-refractivity contribution < 1.29 is 152 Å². The van der Waals surface area contributed by atoms with Gasteiger partial charge in [-0.3, -0.25) is 19.2 Å². The van der Waals surface area contributed by atoms with Crippen LogP contribution in [0.2, 0.25) is 0 Å². The fourth-order valence-corrected chi connectivity index (χ4v) is 19.0. The topological polar surface area (TPSA) is 347 Å². The van der Waals surface area contributed by atoms with Crippen molar-refractivity contribution in [1.29, 1.82) is 0 Å². The minimum atomic E-state index is -7.35. The van der Waals surface area contributed by atoms with Crippen molar-refractivity contribution in [2.45, 2.75) is 294 Å². The highest BCUT2D eigenvalue weighted by molar-refractivity contribution is 7.97. The molecule has 0 bridgehead atoms. The molecule has 0 radical (unpaired) electrons. The highest BCUT2D eigenvalue weighted by Crippen LogP contribution is 2.53. The third-order valence-corrected chi connectivity index (χ3v) is 31.5. The minimum absolute atomic E-state index is 0.0146. The van der Waals surface area contributed by atoms with Crippen molar-refractivity contribution in [3.8, 4) is 11.5 Å². The van der Waals surface area contributed by atoms with Crippen molar-refractivity contribution in [3.05, 3.63) is 254 Å². The highest BCUT2D eigenvalue weighted by atomic mass is 32.2. The molecule has 0 aromatic heterocycles. The Labute approximate surface area is 845 Å². The lowest BCUT2D eigenvalue weighted by molar-refractivity contribution is -0.247. The van der Waals surface area contributed by atoms with Crippen molar-refractivity contribution in [1.82, 2.24) is 0 Å². The van der Waals surface area contributed by atoms with Crippen molar-refractivity contribution in [3.63, 3.8) is 0 Å². The molecule has 0 spiro atoms. The van der Waals surface area contributed by atoms with Gasteiger partial charge in [0.05, 0.1) is 57.2 Å². The Balaban J connectivity index is 0.000000435. The number of hydrogen-bond acceptors (Lipinski definition) is 22. The molecule has 1 saturated carbocycles. The summed E-state index contributed by atoms with van der Waals surface area (Å²) in [6.45, 7) is 36.2. The maximum atomic E-state index is 13.8. The van der Waals surface area contributed by atoms with Gasteiger partial charge in [-0.25, -0.2) is 16.8 Å². The molecule has 5 atom stereocenters. The van der Waals surface area contributed by atoms with Crippen LogP contribution in [0.15, 0.2) is 272 Å². The lowest BCUT2D eigenvalue weighted by Gasteiger charge is -2.32. The van der Waals surface area contributed by atoms with E-state index in [1.807, 2.05) is 104 Å². The van der Waals surface area contributed by atoms with Crippen LogP contribution in [0.1, 0.15) is 225 Å². The number of halogens is 12. The predicted molar refractivity (Wildman–Crippen MR) is 530 cm³/mol. The molecule has 0 heterocycles. The second-order valence-corrected chi connectivity index (χ2v) is 45.8. The van der Waals surface area contributed by atoms with Crippen LogP contribution < -0.4 is 8.37 Å². The van der Waals surface area contributed by atoms with Gasteiger partial charge in [0, 0.05) is 0 Å². The van der Waals surface area contributed by atoms with Crippen molar-refractivity contribution >= 4 is 96.9 Å². The Morgan fingerprint density at radius 2 is 0.694 bits per heavy atom. The van der Waals surface area contributed by atoms with Gasteiger partial charge < -0.3 is 46.6 Å². The van der Waals surface area contributed by atoms with Crippen LogP contribution in [0.5, 0.6) is 11.5 Å². The fraction of sp³-hybridized carbons (Fsp3) is 0.462. The summed E-state index contributed by atoms with van der Waals surface area (Å²) in [5.74, 6) is -16.6. The number of aliphatic hydroxyl groups is 2. The molecule has 2 N–H and O–H groups in total. The quantitative estimate of drug-likeness (QED) is 0.00919. The summed E-state index contributed by atoms with van der Waals surface area (Å²) in [7, 11) is -28.4. The first kappa shape index (κ1) is 128. The lowest BCUT2D eigenvalue weighted by atomic mass is 9.89. The zero-order valence-electron chi connectivity index (χ0n) is 83.9. The Bertz CT molecular complexity index is 5590. The van der Waals surface area contributed by atoms with E-state index in [9.17, 15) is 115 Å². The summed E-state index contributed by atoms with van der Waals surface area (Å²) in [5, 5.41) is -9.52. The van der Waals surface area contributed by atoms with Gasteiger partial charge in [0.1, 0.15) is 35.9 Å². The number of alkyl halides is 12. The zero-order valence-corrected chi connectivity index (χ0v) is 88.8. The SMILES string of the molecule is CCC(C)(C)C(=O)OC(C)(C)C.CCC(C)C(=O)OCC(C)O.CCC(C)C(=O)OCCO.CCC(C)c1ccc(OS(=O)(=O)C(F)(F)C(F)(F)C(F)(F)S(=O)(=O)[O-])cc1.CCC(C)c1ccc2cc(OS(=O)(=O)C(F)(F)C(F)(F)C(F)(F)S(=O)(=O)[O-])ccc2c1.CCC1(OC(=O)C(C)(C)CC)CCCC1.c1ccc([S+](c2ccccc2)c2ccccc2)cc1.c1ccc([S+](c2ccccc2)c2ccccc2)cc1. The predicted octanol–water partition coefficient (Wildman–Crippen LogP) is 25.2. The summed E-state index contributed by atoms with van der Waals surface area (Å²) in [5.41, 5.74) is 0.331. The van der Waals surface area contributed by atoms with Crippen LogP contribution in [0.25, 0.3) is 10.8 Å². The van der Waals surface area contributed by atoms with Crippen LogP contribution in [0.3, 0.4) is 0 Å². The van der Waals surface area contributed by atoms with Gasteiger partial charge in [0.2, 0.25) is 0 Å². The second-order valence-electron chi connectivity index (χ2n) is 35.7. The largest absolute Gasteiger partial charge is 0.743 e. The average molecular weight is 2150 g/mol. The molecule has 1 aliphatic rings. The molecule has 0 amide bonds. The van der Waals surface area contributed by atoms with E-state index in [0.717, 1.165) is 81.2 Å². The summed E-state index contributed by atoms with van der Waals surface area (Å²) in [4.78, 5) is 53.4. The van der Waals surface area contributed by atoms with E-state index < -0.39 is 90.9 Å². The standard InChI is InChI=1S/2C18H15S.C17H16F6O6S2.C13H14F6O6S2.C13H24O2.C10H20O2.C8H16O3.C7H14O3/c2*1-4-10-16(11-5-1)19(17-12-6-2-7-13-17)18-14-8-3-9-15-18;1-3-10(2)11-4-5-13-9-14(7-6-12(13)8-11)29-31(27,28)17(22,23)15(18,19)16(20,21)30(24,25)26;1-3-8(2)9-4-6-10(7-5-9)25-27(23,24)13(18,19)11(14,15)12(16,17)26(20,21)22;1-5-12(3,4)11(14)15-13(6-2)9-7-8-10-13;1-7-10(5,6)8(11)12-9(2,3)4;1-4-6(2)8(10)11-5-7(3)9;1-3-6(2)7(9)10-5-4-8/h2*1-15H;4-10H,3H2,1-2H3,(H,24,25,26);4-8H,3H2,1-2H3,(H,20,21,22);5-10H2,1-4H3;7H2,1-6H3;6-7,9H,4-5H2,1-3H3;6,8H,3-5H2,1-2H3/q2*+1;;;;;;/p-2. The molecule has 144 heavy (non-hydrogen) atoms. The van der Waals surface area contributed by atoms with E-state index in [1.165, 1.54) is 66.5 Å². The van der Waals surface area contributed by atoms with Gasteiger partial charge in [-0.1, -0.05) is 222 Å². The first-order valence-corrected chi connectivity index (χ1v) is 54.3. The van der Waals surface area contributed by atoms with E-state index in [-0.39, 0.29) is 117 Å². The van der Waals surface area contributed by atoms with E-state index in [2.05, 4.69) is 202 Å². The number of fused-ring (bicyclic) bond motifs is 1. The van der Waals surface area contributed by atoms with Crippen molar-refractivity contribution in [2.24, 2.45) is 22.7 Å². The van der Waals surface area contributed by atoms with Crippen LogP contribution in [-0.2, 0) is 100 Å². The van der Waals surface area contributed by atoms with Gasteiger partial charge in [-0.15, -0.1) is 0 Å². The molecule has 10 rings (SSSR count). The van der Waals surface area contributed by atoms with Crippen LogP contribution >= 0.6 is 0 Å². The van der Waals surface area contributed by atoms with E-state index in [4.69, 9.17) is 24.4 Å². The first-order chi connectivity index (χ1) is 66.6. The fourth-order valence-electron chi connectivity index (χ4n) is 12.0. The molecular formula is C104H132F12O22S6. The molecule has 5 unspecified atom stereocenters. The minimum Gasteiger partial charge on any atom is -0.743 e. The number of ether oxygens (including phenoxy) is 4.